The zero-order valence-electron chi connectivity index (χ0n) is 14.1. The van der Waals surface area contributed by atoms with Gasteiger partial charge in [-0.15, -0.1) is 0 Å². The maximum Gasteiger partial charge on any atom is 0.416 e. The van der Waals surface area contributed by atoms with Gasteiger partial charge >= 0.3 is 6.09 Å². The summed E-state index contributed by atoms with van der Waals surface area (Å²) in [5, 5.41) is 0. The lowest BCUT2D eigenvalue weighted by Gasteiger charge is -2.29. The van der Waals surface area contributed by atoms with Crippen molar-refractivity contribution in [1.82, 2.24) is 4.98 Å². The summed E-state index contributed by atoms with van der Waals surface area (Å²) in [7, 11) is 0. The first-order chi connectivity index (χ1) is 10.3. The quantitative estimate of drug-likeness (QED) is 0.853. The molecule has 1 aliphatic heterocycles. The highest BCUT2D eigenvalue weighted by molar-refractivity contribution is 6.01. The summed E-state index contributed by atoms with van der Waals surface area (Å²) in [6, 6.07) is 3.81. The number of aliphatic imine (C=N–C) groups is 1. The van der Waals surface area contributed by atoms with Crippen molar-refractivity contribution in [3.63, 3.8) is 0 Å². The number of carbonyl (C=O) groups excluding carboxylic acids is 1. The first kappa shape index (κ1) is 16.5. The molecule has 0 fully saturated rings. The van der Waals surface area contributed by atoms with Gasteiger partial charge in [0, 0.05) is 30.1 Å². The van der Waals surface area contributed by atoms with Gasteiger partial charge in [0.25, 0.3) is 0 Å². The van der Waals surface area contributed by atoms with Gasteiger partial charge in [-0.25, -0.2) is 9.78 Å². The second kappa shape index (κ2) is 6.46. The molecule has 0 unspecified atom stereocenters. The molecular weight excluding hydrogens is 278 g/mol. The molecule has 0 radical (unpaired) electrons. The Morgan fingerprint density at radius 2 is 2.05 bits per heavy atom. The maximum absolute atomic E-state index is 12.4. The van der Waals surface area contributed by atoms with Crippen LogP contribution < -0.4 is 4.90 Å². The summed E-state index contributed by atoms with van der Waals surface area (Å²) in [4.78, 5) is 22.9. The number of aromatic nitrogens is 1. The Hall–Kier alpha value is -1.91. The van der Waals surface area contributed by atoms with Crippen molar-refractivity contribution in [3.8, 4) is 0 Å². The fourth-order valence-corrected chi connectivity index (χ4v) is 2.35. The molecular formula is C17H25N3O2. The largest absolute Gasteiger partial charge is 0.443 e. The van der Waals surface area contributed by atoms with E-state index in [4.69, 9.17) is 4.74 Å². The first-order valence-corrected chi connectivity index (χ1v) is 7.80. The fourth-order valence-electron chi connectivity index (χ4n) is 2.35. The van der Waals surface area contributed by atoms with Gasteiger partial charge in [0.05, 0.1) is 0 Å². The van der Waals surface area contributed by atoms with Crippen LogP contribution in [0.25, 0.3) is 0 Å². The number of ether oxygens (including phenoxy) is 1. The molecule has 120 valence electrons. The van der Waals surface area contributed by atoms with Crippen LogP contribution in [0.1, 0.15) is 53.0 Å². The smallest absolute Gasteiger partial charge is 0.416 e. The van der Waals surface area contributed by atoms with Crippen LogP contribution in [0.5, 0.6) is 0 Å². The van der Waals surface area contributed by atoms with Crippen LogP contribution in [0.4, 0.5) is 10.6 Å². The van der Waals surface area contributed by atoms with E-state index in [9.17, 15) is 4.79 Å². The molecule has 1 aliphatic rings. The number of anilines is 1. The molecule has 22 heavy (non-hydrogen) atoms. The molecule has 0 N–H and O–H groups in total. The van der Waals surface area contributed by atoms with Crippen LogP contribution in [-0.2, 0) is 4.74 Å². The average molecular weight is 303 g/mol. The SMILES string of the molecule is CC(C)N(C(=O)OC(C)(C)C)c1ccc(C2=NCCC2)cn1. The third kappa shape index (κ3) is 4.06. The predicted octanol–water partition coefficient (Wildman–Crippen LogP) is 3.81. The van der Waals surface area contributed by atoms with E-state index in [1.165, 1.54) is 0 Å². The van der Waals surface area contributed by atoms with E-state index in [0.717, 1.165) is 30.7 Å². The van der Waals surface area contributed by atoms with Gasteiger partial charge in [-0.1, -0.05) is 0 Å². The fraction of sp³-hybridized carbons (Fsp3) is 0.588. The van der Waals surface area contributed by atoms with Gasteiger partial charge < -0.3 is 4.74 Å². The predicted molar refractivity (Wildman–Crippen MR) is 88.7 cm³/mol. The summed E-state index contributed by atoms with van der Waals surface area (Å²) in [6.45, 7) is 10.4. The first-order valence-electron chi connectivity index (χ1n) is 7.80. The van der Waals surface area contributed by atoms with Crippen LogP contribution in [0.3, 0.4) is 0 Å². The number of pyridine rings is 1. The highest BCUT2D eigenvalue weighted by Crippen LogP contribution is 2.20. The standard InChI is InChI=1S/C17H25N3O2/c1-12(2)20(16(21)22-17(3,4)5)15-9-8-13(11-19-15)14-7-6-10-18-14/h8-9,11-12H,6-7,10H2,1-5H3. The molecule has 0 saturated carbocycles. The second-order valence-corrected chi connectivity index (χ2v) is 6.78. The minimum Gasteiger partial charge on any atom is -0.443 e. The van der Waals surface area contributed by atoms with Crippen molar-refractivity contribution in [2.75, 3.05) is 11.4 Å². The zero-order chi connectivity index (χ0) is 16.3. The molecule has 5 nitrogen and oxygen atoms in total. The van der Waals surface area contributed by atoms with Crippen molar-refractivity contribution in [3.05, 3.63) is 23.9 Å². The van der Waals surface area contributed by atoms with E-state index in [1.807, 2.05) is 46.8 Å². The summed E-state index contributed by atoms with van der Waals surface area (Å²) >= 11 is 0. The van der Waals surface area contributed by atoms with Crippen molar-refractivity contribution >= 4 is 17.6 Å². The van der Waals surface area contributed by atoms with Gasteiger partial charge in [0.15, 0.2) is 0 Å². The highest BCUT2D eigenvalue weighted by atomic mass is 16.6. The summed E-state index contributed by atoms with van der Waals surface area (Å²) in [5.74, 6) is 0.603. The third-order valence-electron chi connectivity index (χ3n) is 3.31. The molecule has 5 heteroatoms. The number of nitrogens with zero attached hydrogens (tertiary/aromatic N) is 3. The molecule has 1 amide bonds. The molecule has 0 aromatic carbocycles. The van der Waals surface area contributed by atoms with E-state index in [2.05, 4.69) is 9.98 Å². The Morgan fingerprint density at radius 3 is 2.50 bits per heavy atom. The van der Waals surface area contributed by atoms with Gasteiger partial charge in [0.1, 0.15) is 11.4 Å². The van der Waals surface area contributed by atoms with E-state index in [0.29, 0.717) is 5.82 Å². The lowest BCUT2D eigenvalue weighted by Crippen LogP contribution is -2.41. The molecule has 2 rings (SSSR count). The van der Waals surface area contributed by atoms with E-state index < -0.39 is 5.60 Å². The van der Waals surface area contributed by atoms with Gasteiger partial charge in [-0.2, -0.15) is 0 Å². The number of hydrogen-bond acceptors (Lipinski definition) is 4. The lowest BCUT2D eigenvalue weighted by molar-refractivity contribution is 0.0569. The molecule has 1 aromatic rings. The molecule has 0 saturated heterocycles. The number of hydrogen-bond donors (Lipinski definition) is 0. The topological polar surface area (TPSA) is 54.8 Å². The minimum atomic E-state index is -0.525. The minimum absolute atomic E-state index is 0.0305. The summed E-state index contributed by atoms with van der Waals surface area (Å²) < 4.78 is 5.47. The van der Waals surface area contributed by atoms with Crippen LogP contribution >= 0.6 is 0 Å². The maximum atomic E-state index is 12.4. The van der Waals surface area contributed by atoms with Crippen LogP contribution in [-0.4, -0.2) is 35.0 Å². The van der Waals surface area contributed by atoms with Crippen molar-refractivity contribution < 1.29 is 9.53 Å². The van der Waals surface area contributed by atoms with Crippen LogP contribution in [0, 0.1) is 0 Å². The normalized spacial score (nSPS) is 14.9. The van der Waals surface area contributed by atoms with Crippen LogP contribution in [0.2, 0.25) is 0 Å². The molecule has 0 aliphatic carbocycles. The second-order valence-electron chi connectivity index (χ2n) is 6.78. The van der Waals surface area contributed by atoms with E-state index >= 15 is 0 Å². The lowest BCUT2D eigenvalue weighted by atomic mass is 10.1. The van der Waals surface area contributed by atoms with E-state index in [-0.39, 0.29) is 12.1 Å². The van der Waals surface area contributed by atoms with Crippen LogP contribution in [0.15, 0.2) is 23.3 Å². The van der Waals surface area contributed by atoms with Gasteiger partial charge in [-0.05, 0) is 59.6 Å². The van der Waals surface area contributed by atoms with E-state index in [1.54, 1.807) is 11.1 Å². The Kier molecular flexibility index (Phi) is 4.84. The Morgan fingerprint density at radius 1 is 1.32 bits per heavy atom. The Balaban J connectivity index is 2.20. The number of rotatable bonds is 3. The Labute approximate surface area is 132 Å². The molecule has 0 bridgehead atoms. The Bertz CT molecular complexity index is 556. The monoisotopic (exact) mass is 303 g/mol. The van der Waals surface area contributed by atoms with Gasteiger partial charge in [0.2, 0.25) is 0 Å². The average Bonchev–Trinajstić information content (AvgIpc) is 2.91. The molecule has 2 heterocycles. The van der Waals surface area contributed by atoms with Gasteiger partial charge in [-0.3, -0.25) is 9.89 Å². The summed E-state index contributed by atoms with van der Waals surface area (Å²) in [6.07, 6.45) is 3.52. The third-order valence-corrected chi connectivity index (χ3v) is 3.31. The summed E-state index contributed by atoms with van der Waals surface area (Å²) in [5.41, 5.74) is 1.62. The number of amides is 1. The van der Waals surface area contributed by atoms with Crippen molar-refractivity contribution in [2.45, 2.75) is 59.1 Å². The molecule has 0 atom stereocenters. The molecule has 0 spiro atoms. The molecule has 1 aromatic heterocycles. The zero-order valence-corrected chi connectivity index (χ0v) is 14.1. The van der Waals surface area contributed by atoms with Crippen molar-refractivity contribution in [2.24, 2.45) is 4.99 Å². The highest BCUT2D eigenvalue weighted by Gasteiger charge is 2.26. The van der Waals surface area contributed by atoms with Crippen molar-refractivity contribution in [1.29, 1.82) is 0 Å². The number of carbonyl (C=O) groups is 1.